The second kappa shape index (κ2) is 6.06. The zero-order valence-corrected chi connectivity index (χ0v) is 14.2. The van der Waals surface area contributed by atoms with Crippen molar-refractivity contribution < 1.29 is 5.11 Å². The van der Waals surface area contributed by atoms with Gasteiger partial charge in [-0.2, -0.15) is 0 Å². The molecule has 1 N–H and O–H groups in total. The molecule has 0 spiro atoms. The predicted octanol–water partition coefficient (Wildman–Crippen LogP) is 4.19. The molecule has 1 saturated carbocycles. The highest BCUT2D eigenvalue weighted by molar-refractivity contribution is 5.75. The predicted molar refractivity (Wildman–Crippen MR) is 96.7 cm³/mol. The van der Waals surface area contributed by atoms with Crippen molar-refractivity contribution in [3.05, 3.63) is 66.0 Å². The molecule has 1 fully saturated rings. The number of hydrogen-bond donors (Lipinski definition) is 1. The first-order chi connectivity index (χ1) is 11.7. The van der Waals surface area contributed by atoms with Crippen molar-refractivity contribution >= 4 is 11.0 Å². The van der Waals surface area contributed by atoms with Crippen LogP contribution in [0.15, 0.2) is 54.6 Å². The second-order valence-electron chi connectivity index (χ2n) is 7.01. The lowest BCUT2D eigenvalue weighted by molar-refractivity contribution is -0.0550. The largest absolute Gasteiger partial charge is 0.385 e. The Bertz CT molecular complexity index is 839. The van der Waals surface area contributed by atoms with Crippen LogP contribution in [-0.4, -0.2) is 14.7 Å². The lowest BCUT2D eigenvalue weighted by Crippen LogP contribution is -2.39. The fraction of sp³-hybridized carbons (Fsp3) is 0.381. The quantitative estimate of drug-likeness (QED) is 0.785. The summed E-state index contributed by atoms with van der Waals surface area (Å²) in [6.07, 6.45) is 4.98. The van der Waals surface area contributed by atoms with Gasteiger partial charge in [-0.25, -0.2) is 4.98 Å². The molecule has 3 aromatic rings. The minimum absolute atomic E-state index is 0.212. The van der Waals surface area contributed by atoms with E-state index in [4.69, 9.17) is 4.98 Å². The number of para-hydroxylation sites is 2. The summed E-state index contributed by atoms with van der Waals surface area (Å²) in [6.45, 7) is 0. The molecule has 0 aliphatic heterocycles. The lowest BCUT2D eigenvalue weighted by atomic mass is 9.70. The van der Waals surface area contributed by atoms with Gasteiger partial charge >= 0.3 is 0 Å². The van der Waals surface area contributed by atoms with Crippen LogP contribution < -0.4 is 0 Å². The number of rotatable bonds is 3. The average Bonchev–Trinajstić information content (AvgIpc) is 2.94. The minimum atomic E-state index is -0.738. The highest BCUT2D eigenvalue weighted by atomic mass is 16.3. The van der Waals surface area contributed by atoms with Crippen LogP contribution in [0.3, 0.4) is 0 Å². The summed E-state index contributed by atoms with van der Waals surface area (Å²) in [5.74, 6) is 1.28. The molecule has 3 heteroatoms. The molecule has 1 aromatic heterocycles. The number of aliphatic hydroxyl groups is 1. The van der Waals surface area contributed by atoms with Crippen LogP contribution >= 0.6 is 0 Å². The zero-order valence-electron chi connectivity index (χ0n) is 14.2. The summed E-state index contributed by atoms with van der Waals surface area (Å²) in [7, 11) is 2.08. The Balaban J connectivity index is 1.69. The monoisotopic (exact) mass is 320 g/mol. The summed E-state index contributed by atoms with van der Waals surface area (Å²) >= 11 is 0. The molecule has 0 amide bonds. The maximum absolute atomic E-state index is 11.5. The van der Waals surface area contributed by atoms with E-state index in [1.54, 1.807) is 0 Å². The van der Waals surface area contributed by atoms with Crippen LogP contribution in [0.5, 0.6) is 0 Å². The van der Waals surface area contributed by atoms with E-state index in [9.17, 15) is 5.11 Å². The van der Waals surface area contributed by atoms with Crippen LogP contribution in [0.1, 0.15) is 37.1 Å². The zero-order chi connectivity index (χ0) is 16.6. The molecule has 1 aliphatic carbocycles. The van der Waals surface area contributed by atoms with Gasteiger partial charge in [0.05, 0.1) is 16.6 Å². The molecule has 4 rings (SSSR count). The number of nitrogens with zero attached hydrogens (tertiary/aromatic N) is 2. The molecule has 0 saturated heterocycles. The molecule has 0 bridgehead atoms. The van der Waals surface area contributed by atoms with Gasteiger partial charge in [0.15, 0.2) is 0 Å². The van der Waals surface area contributed by atoms with Crippen molar-refractivity contribution in [3.63, 3.8) is 0 Å². The molecule has 124 valence electrons. The fourth-order valence-electron chi connectivity index (χ4n) is 4.20. The van der Waals surface area contributed by atoms with E-state index in [1.807, 2.05) is 24.3 Å². The minimum Gasteiger partial charge on any atom is -0.385 e. The maximum Gasteiger partial charge on any atom is 0.109 e. The van der Waals surface area contributed by atoms with Gasteiger partial charge in [0, 0.05) is 13.5 Å². The van der Waals surface area contributed by atoms with E-state index in [1.165, 1.54) is 6.42 Å². The normalized spacial score (nSPS) is 24.3. The molecule has 24 heavy (non-hydrogen) atoms. The Labute approximate surface area is 143 Å². The van der Waals surface area contributed by atoms with Gasteiger partial charge in [-0.1, -0.05) is 55.3 Å². The van der Waals surface area contributed by atoms with Crippen LogP contribution in [0.4, 0.5) is 0 Å². The smallest absolute Gasteiger partial charge is 0.109 e. The Morgan fingerprint density at radius 3 is 2.62 bits per heavy atom. The molecule has 3 nitrogen and oxygen atoms in total. The van der Waals surface area contributed by atoms with Gasteiger partial charge in [-0.05, 0) is 36.5 Å². The standard InChI is InChI=1S/C21H24N2O/c1-23-19-13-6-5-12-18(19)22-20(23)15-17-11-7-8-14-21(17,24)16-9-3-2-4-10-16/h2-6,9-10,12-13,17,24H,7-8,11,14-15H2,1H3/t17-,21+/m1/s1. The van der Waals surface area contributed by atoms with Gasteiger partial charge in [0.25, 0.3) is 0 Å². The van der Waals surface area contributed by atoms with Gasteiger partial charge in [0.2, 0.25) is 0 Å². The van der Waals surface area contributed by atoms with Crippen LogP contribution in [0.25, 0.3) is 11.0 Å². The van der Waals surface area contributed by atoms with E-state index >= 15 is 0 Å². The molecule has 1 heterocycles. The third-order valence-electron chi connectivity index (χ3n) is 5.62. The third-order valence-corrected chi connectivity index (χ3v) is 5.62. The second-order valence-corrected chi connectivity index (χ2v) is 7.01. The SMILES string of the molecule is Cn1c(C[C@H]2CCCC[C@]2(O)c2ccccc2)nc2ccccc21. The van der Waals surface area contributed by atoms with Crippen molar-refractivity contribution in [2.45, 2.75) is 37.7 Å². The van der Waals surface area contributed by atoms with Crippen molar-refractivity contribution in [1.82, 2.24) is 9.55 Å². The Kier molecular flexibility index (Phi) is 3.89. The van der Waals surface area contributed by atoms with Gasteiger partial charge in [-0.15, -0.1) is 0 Å². The first kappa shape index (κ1) is 15.4. The molecule has 0 radical (unpaired) electrons. The van der Waals surface area contributed by atoms with E-state index in [-0.39, 0.29) is 5.92 Å². The Morgan fingerprint density at radius 1 is 1.08 bits per heavy atom. The van der Waals surface area contributed by atoms with Crippen LogP contribution in [-0.2, 0) is 19.1 Å². The summed E-state index contributed by atoms with van der Waals surface area (Å²) in [6, 6.07) is 18.4. The Hall–Kier alpha value is -2.13. The van der Waals surface area contributed by atoms with E-state index in [2.05, 4.69) is 41.9 Å². The van der Waals surface area contributed by atoms with Gasteiger partial charge in [-0.3, -0.25) is 0 Å². The Morgan fingerprint density at radius 2 is 1.83 bits per heavy atom. The number of fused-ring (bicyclic) bond motifs is 1. The highest BCUT2D eigenvalue weighted by Crippen LogP contribution is 2.43. The number of imidazole rings is 1. The molecule has 2 atom stereocenters. The van der Waals surface area contributed by atoms with Crippen LogP contribution in [0, 0.1) is 5.92 Å². The molecule has 0 unspecified atom stereocenters. The first-order valence-electron chi connectivity index (χ1n) is 8.87. The molecular weight excluding hydrogens is 296 g/mol. The van der Waals surface area contributed by atoms with E-state index < -0.39 is 5.60 Å². The van der Waals surface area contributed by atoms with Gasteiger partial charge < -0.3 is 9.67 Å². The molecular formula is C21H24N2O. The maximum atomic E-state index is 11.5. The summed E-state index contributed by atoms with van der Waals surface area (Å²) < 4.78 is 2.18. The molecule has 2 aromatic carbocycles. The average molecular weight is 320 g/mol. The topological polar surface area (TPSA) is 38.0 Å². The van der Waals surface area contributed by atoms with Crippen LogP contribution in [0.2, 0.25) is 0 Å². The van der Waals surface area contributed by atoms with Crippen molar-refractivity contribution in [3.8, 4) is 0 Å². The van der Waals surface area contributed by atoms with Crippen molar-refractivity contribution in [2.24, 2.45) is 13.0 Å². The van der Waals surface area contributed by atoms with Crippen molar-refractivity contribution in [1.29, 1.82) is 0 Å². The number of hydrogen-bond acceptors (Lipinski definition) is 2. The van der Waals surface area contributed by atoms with E-state index in [0.717, 1.165) is 48.1 Å². The third kappa shape index (κ3) is 2.53. The molecule has 1 aliphatic rings. The number of benzene rings is 2. The van der Waals surface area contributed by atoms with E-state index in [0.29, 0.717) is 0 Å². The highest BCUT2D eigenvalue weighted by Gasteiger charge is 2.40. The number of aryl methyl sites for hydroxylation is 1. The first-order valence-corrected chi connectivity index (χ1v) is 8.87. The summed E-state index contributed by atoms with van der Waals surface area (Å²) in [5.41, 5.74) is 2.51. The summed E-state index contributed by atoms with van der Waals surface area (Å²) in [4.78, 5) is 4.82. The van der Waals surface area contributed by atoms with Crippen molar-refractivity contribution in [2.75, 3.05) is 0 Å². The summed E-state index contributed by atoms with van der Waals surface area (Å²) in [5, 5.41) is 11.5. The van der Waals surface area contributed by atoms with Gasteiger partial charge in [0.1, 0.15) is 5.82 Å². The lowest BCUT2D eigenvalue weighted by Gasteiger charge is -2.40. The number of aromatic nitrogens is 2. The fourth-order valence-corrected chi connectivity index (χ4v) is 4.20.